The first-order chi connectivity index (χ1) is 9.95. The number of hydrogen-bond donors (Lipinski definition) is 1. The van der Waals surface area contributed by atoms with Crippen LogP contribution in [0.4, 0.5) is 0 Å². The number of aryl methyl sites for hydroxylation is 1. The van der Waals surface area contributed by atoms with Crippen LogP contribution in [0.5, 0.6) is 0 Å². The number of benzene rings is 1. The molecule has 0 spiro atoms. The molecule has 0 atom stereocenters. The summed E-state index contributed by atoms with van der Waals surface area (Å²) in [5.41, 5.74) is 7.81. The van der Waals surface area contributed by atoms with Crippen LogP contribution in [-0.4, -0.2) is 43.7 Å². The van der Waals surface area contributed by atoms with Gasteiger partial charge in [0.25, 0.3) is 5.91 Å². The number of nitrogens with two attached hydrogens (primary N) is 1. The van der Waals surface area contributed by atoms with Gasteiger partial charge in [0.1, 0.15) is 0 Å². The average Bonchev–Trinajstić information content (AvgIpc) is 2.44. The van der Waals surface area contributed by atoms with E-state index in [9.17, 15) is 4.79 Å². The van der Waals surface area contributed by atoms with Gasteiger partial charge in [-0.3, -0.25) is 4.79 Å². The van der Waals surface area contributed by atoms with Gasteiger partial charge in [-0.15, -0.1) is 0 Å². The minimum absolute atomic E-state index is 0.0522. The van der Waals surface area contributed by atoms with Crippen molar-refractivity contribution in [3.05, 3.63) is 34.9 Å². The van der Waals surface area contributed by atoms with Gasteiger partial charge in [0.2, 0.25) is 0 Å². The Morgan fingerprint density at radius 1 is 1.43 bits per heavy atom. The number of nitrogens with zero attached hydrogens (tertiary/aromatic N) is 1. The Labute approximate surface area is 127 Å². The van der Waals surface area contributed by atoms with Gasteiger partial charge in [0.05, 0.1) is 24.8 Å². The number of likely N-dealkylation sites (N-methyl/N-ethyl adjacent to an activating group) is 1. The normalized spacial score (nSPS) is 10.2. The van der Waals surface area contributed by atoms with Gasteiger partial charge in [0.15, 0.2) is 0 Å². The molecule has 4 heteroatoms. The van der Waals surface area contributed by atoms with E-state index in [-0.39, 0.29) is 18.6 Å². The summed E-state index contributed by atoms with van der Waals surface area (Å²) in [6.45, 7) is 7.27. The highest BCUT2D eigenvalue weighted by Crippen LogP contribution is 2.13. The number of carbonyl (C=O) groups is 1. The van der Waals surface area contributed by atoms with Crippen molar-refractivity contribution in [1.82, 2.24) is 4.90 Å². The fourth-order valence-electron chi connectivity index (χ4n) is 1.83. The molecule has 0 bridgehead atoms. The number of amides is 1. The van der Waals surface area contributed by atoms with Crippen LogP contribution in [0.1, 0.15) is 35.3 Å². The zero-order valence-electron chi connectivity index (χ0n) is 13.3. The first-order valence-corrected chi connectivity index (χ1v) is 7.12. The van der Waals surface area contributed by atoms with Crippen molar-refractivity contribution >= 4 is 5.91 Å². The first-order valence-electron chi connectivity index (χ1n) is 7.12. The van der Waals surface area contributed by atoms with E-state index in [2.05, 4.69) is 11.8 Å². The van der Waals surface area contributed by atoms with Crippen molar-refractivity contribution in [1.29, 1.82) is 0 Å². The Bertz CT molecular complexity index is 541. The van der Waals surface area contributed by atoms with E-state index in [1.807, 2.05) is 39.0 Å². The third-order valence-electron chi connectivity index (χ3n) is 2.96. The molecule has 21 heavy (non-hydrogen) atoms. The molecular weight excluding hydrogens is 264 g/mol. The fraction of sp³-hybridized carbons (Fsp3) is 0.471. The average molecular weight is 288 g/mol. The minimum Gasteiger partial charge on any atom is -0.377 e. The SMILES string of the molecule is Cc1ccc(C(=O)N(C)CCOC(C)C)c(C#CCN)c1. The van der Waals surface area contributed by atoms with Crippen LogP contribution < -0.4 is 5.73 Å². The number of carbonyl (C=O) groups excluding carboxylic acids is 1. The summed E-state index contributed by atoms with van der Waals surface area (Å²) in [7, 11) is 1.77. The number of ether oxygens (including phenoxy) is 1. The summed E-state index contributed by atoms with van der Waals surface area (Å²) in [5.74, 6) is 5.72. The first kappa shape index (κ1) is 17.2. The maximum Gasteiger partial charge on any atom is 0.254 e. The second-order valence-corrected chi connectivity index (χ2v) is 5.20. The highest BCUT2D eigenvalue weighted by atomic mass is 16.5. The molecule has 0 aromatic heterocycles. The molecule has 0 fully saturated rings. The van der Waals surface area contributed by atoms with E-state index in [0.29, 0.717) is 18.7 Å². The van der Waals surface area contributed by atoms with Crippen molar-refractivity contribution < 1.29 is 9.53 Å². The van der Waals surface area contributed by atoms with Crippen LogP contribution in [0.15, 0.2) is 18.2 Å². The van der Waals surface area contributed by atoms with Gasteiger partial charge in [-0.25, -0.2) is 0 Å². The molecule has 1 amide bonds. The molecule has 1 rings (SSSR count). The molecule has 1 aromatic rings. The molecule has 0 aliphatic carbocycles. The summed E-state index contributed by atoms with van der Waals surface area (Å²) in [4.78, 5) is 14.1. The molecule has 0 unspecified atom stereocenters. The molecule has 2 N–H and O–H groups in total. The maximum absolute atomic E-state index is 12.5. The van der Waals surface area contributed by atoms with E-state index in [1.165, 1.54) is 0 Å². The van der Waals surface area contributed by atoms with Gasteiger partial charge in [-0.05, 0) is 38.5 Å². The van der Waals surface area contributed by atoms with Gasteiger partial charge >= 0.3 is 0 Å². The second kappa shape index (κ2) is 8.46. The molecule has 1 aromatic carbocycles. The van der Waals surface area contributed by atoms with E-state index < -0.39 is 0 Å². The van der Waals surface area contributed by atoms with Gasteiger partial charge in [0, 0.05) is 19.2 Å². The highest BCUT2D eigenvalue weighted by Gasteiger charge is 2.15. The van der Waals surface area contributed by atoms with Crippen molar-refractivity contribution in [2.24, 2.45) is 5.73 Å². The predicted octanol–water partition coefficient (Wildman–Crippen LogP) is 1.80. The Hall–Kier alpha value is -1.83. The zero-order valence-corrected chi connectivity index (χ0v) is 13.3. The lowest BCUT2D eigenvalue weighted by Crippen LogP contribution is -2.31. The quantitative estimate of drug-likeness (QED) is 0.841. The summed E-state index contributed by atoms with van der Waals surface area (Å²) >= 11 is 0. The zero-order chi connectivity index (χ0) is 15.8. The molecule has 0 radical (unpaired) electrons. The third kappa shape index (κ3) is 5.58. The second-order valence-electron chi connectivity index (χ2n) is 5.20. The standard InChI is InChI=1S/C17H24N2O2/c1-13(2)21-11-10-19(4)17(20)16-8-7-14(3)12-15(16)6-5-9-18/h7-8,12-13H,9-11,18H2,1-4H3. The molecule has 0 saturated heterocycles. The van der Waals surface area contributed by atoms with Crippen LogP contribution in [0, 0.1) is 18.8 Å². The van der Waals surface area contributed by atoms with Crippen molar-refractivity contribution in [3.8, 4) is 11.8 Å². The Kier molecular flexibility index (Phi) is 6.93. The van der Waals surface area contributed by atoms with E-state index in [1.54, 1.807) is 11.9 Å². The van der Waals surface area contributed by atoms with E-state index in [0.717, 1.165) is 11.1 Å². The lowest BCUT2D eigenvalue weighted by molar-refractivity contribution is 0.0532. The third-order valence-corrected chi connectivity index (χ3v) is 2.96. The molecule has 114 valence electrons. The summed E-state index contributed by atoms with van der Waals surface area (Å²) < 4.78 is 5.47. The molecule has 0 saturated carbocycles. The van der Waals surface area contributed by atoms with Crippen molar-refractivity contribution in [3.63, 3.8) is 0 Å². The largest absolute Gasteiger partial charge is 0.377 e. The monoisotopic (exact) mass is 288 g/mol. The van der Waals surface area contributed by atoms with Crippen LogP contribution >= 0.6 is 0 Å². The van der Waals surface area contributed by atoms with Gasteiger partial charge < -0.3 is 15.4 Å². The number of hydrogen-bond acceptors (Lipinski definition) is 3. The lowest BCUT2D eigenvalue weighted by Gasteiger charge is -2.19. The molecule has 0 aliphatic rings. The summed E-state index contributed by atoms with van der Waals surface area (Å²) in [6.07, 6.45) is 0.166. The maximum atomic E-state index is 12.5. The Morgan fingerprint density at radius 2 is 2.14 bits per heavy atom. The van der Waals surface area contributed by atoms with Crippen LogP contribution in [0.3, 0.4) is 0 Å². The van der Waals surface area contributed by atoms with Crippen LogP contribution in [-0.2, 0) is 4.74 Å². The lowest BCUT2D eigenvalue weighted by atomic mass is 10.0. The van der Waals surface area contributed by atoms with Crippen LogP contribution in [0.2, 0.25) is 0 Å². The van der Waals surface area contributed by atoms with Gasteiger partial charge in [-0.2, -0.15) is 0 Å². The summed E-state index contributed by atoms with van der Waals surface area (Å²) in [5, 5.41) is 0. The highest BCUT2D eigenvalue weighted by molar-refractivity contribution is 5.96. The minimum atomic E-state index is -0.0522. The van der Waals surface area contributed by atoms with Gasteiger partial charge in [-0.1, -0.05) is 17.9 Å². The fourth-order valence-corrected chi connectivity index (χ4v) is 1.83. The van der Waals surface area contributed by atoms with Crippen molar-refractivity contribution in [2.45, 2.75) is 26.9 Å². The predicted molar refractivity (Wildman–Crippen MR) is 85.2 cm³/mol. The Balaban J connectivity index is 2.85. The molecule has 0 heterocycles. The Morgan fingerprint density at radius 3 is 2.76 bits per heavy atom. The molecular formula is C17H24N2O2. The smallest absolute Gasteiger partial charge is 0.254 e. The molecule has 0 aliphatic heterocycles. The van der Waals surface area contributed by atoms with Crippen molar-refractivity contribution in [2.75, 3.05) is 26.7 Å². The van der Waals surface area contributed by atoms with E-state index in [4.69, 9.17) is 10.5 Å². The van der Waals surface area contributed by atoms with E-state index >= 15 is 0 Å². The summed E-state index contributed by atoms with van der Waals surface area (Å²) in [6, 6.07) is 5.64. The van der Waals surface area contributed by atoms with Crippen LogP contribution in [0.25, 0.3) is 0 Å². The topological polar surface area (TPSA) is 55.6 Å². The molecule has 4 nitrogen and oxygen atoms in total. The number of rotatable bonds is 5.